The maximum atomic E-state index is 5.54. The van der Waals surface area contributed by atoms with Crippen molar-refractivity contribution in [2.24, 2.45) is 0 Å². The Labute approximate surface area is 105 Å². The van der Waals surface area contributed by atoms with Crippen LogP contribution in [0.3, 0.4) is 0 Å². The molecule has 1 atom stereocenters. The molecule has 0 bridgehead atoms. The number of hydrogen-bond acceptors (Lipinski definition) is 3. The second kappa shape index (κ2) is 9.14. The Bertz CT molecular complexity index is 277. The van der Waals surface area contributed by atoms with Crippen molar-refractivity contribution < 1.29 is 4.74 Å². The molecule has 0 amide bonds. The summed E-state index contributed by atoms with van der Waals surface area (Å²) in [5.41, 5.74) is 1.15. The summed E-state index contributed by atoms with van der Waals surface area (Å²) in [6.45, 7) is 6.96. The molecule has 3 nitrogen and oxygen atoms in total. The molecule has 0 fully saturated rings. The van der Waals surface area contributed by atoms with E-state index in [4.69, 9.17) is 4.74 Å². The number of hydrogen-bond donors (Lipinski definition) is 1. The van der Waals surface area contributed by atoms with Gasteiger partial charge in [0.05, 0.1) is 0 Å². The smallest absolute Gasteiger partial charge is 0.0480 e. The Morgan fingerprint density at radius 3 is 2.82 bits per heavy atom. The van der Waals surface area contributed by atoms with Crippen molar-refractivity contribution in [3.8, 4) is 0 Å². The summed E-state index contributed by atoms with van der Waals surface area (Å²) in [4.78, 5) is 4.36. The fourth-order valence-corrected chi connectivity index (χ4v) is 1.81. The van der Waals surface area contributed by atoms with E-state index in [-0.39, 0.29) is 0 Å². The average Bonchev–Trinajstić information content (AvgIpc) is 2.36. The fraction of sp³-hybridized carbons (Fsp3) is 0.643. The highest BCUT2D eigenvalue weighted by molar-refractivity contribution is 5.05. The normalized spacial score (nSPS) is 12.6. The summed E-state index contributed by atoms with van der Waals surface area (Å²) in [6, 6.07) is 6.54. The Morgan fingerprint density at radius 2 is 2.18 bits per heavy atom. The maximum absolute atomic E-state index is 5.54. The highest BCUT2D eigenvalue weighted by atomic mass is 16.5. The molecule has 1 N–H and O–H groups in total. The van der Waals surface area contributed by atoms with Crippen molar-refractivity contribution in [3.63, 3.8) is 0 Å². The van der Waals surface area contributed by atoms with Gasteiger partial charge in [-0.05, 0) is 31.5 Å². The van der Waals surface area contributed by atoms with Gasteiger partial charge in [-0.2, -0.15) is 0 Å². The van der Waals surface area contributed by atoms with Crippen LogP contribution in [-0.4, -0.2) is 30.8 Å². The number of nitrogens with zero attached hydrogens (tertiary/aromatic N) is 1. The molecule has 0 aliphatic heterocycles. The van der Waals surface area contributed by atoms with Crippen LogP contribution in [0.1, 0.15) is 32.4 Å². The standard InChI is InChI=1S/C14H24N2O/c1-3-10-17-11-8-14(15-4-2)12-13-7-5-6-9-16-13/h5-7,9,14-15H,3-4,8,10-12H2,1-2H3. The topological polar surface area (TPSA) is 34.1 Å². The van der Waals surface area contributed by atoms with E-state index in [1.807, 2.05) is 18.3 Å². The SMILES string of the molecule is CCCOCCC(Cc1ccccn1)NCC. The summed E-state index contributed by atoms with van der Waals surface area (Å²) >= 11 is 0. The van der Waals surface area contributed by atoms with Crippen LogP contribution in [0.5, 0.6) is 0 Å². The number of aromatic nitrogens is 1. The van der Waals surface area contributed by atoms with Crippen molar-refractivity contribution >= 4 is 0 Å². The monoisotopic (exact) mass is 236 g/mol. The van der Waals surface area contributed by atoms with Gasteiger partial charge < -0.3 is 10.1 Å². The second-order valence-corrected chi connectivity index (χ2v) is 4.18. The Morgan fingerprint density at radius 1 is 1.29 bits per heavy atom. The van der Waals surface area contributed by atoms with Gasteiger partial charge in [0.1, 0.15) is 0 Å². The molecule has 1 aromatic rings. The molecular formula is C14H24N2O. The van der Waals surface area contributed by atoms with Crippen molar-refractivity contribution in [2.75, 3.05) is 19.8 Å². The zero-order valence-electron chi connectivity index (χ0n) is 11.0. The molecule has 3 heteroatoms. The van der Waals surface area contributed by atoms with Gasteiger partial charge in [0.2, 0.25) is 0 Å². The van der Waals surface area contributed by atoms with Crippen LogP contribution in [0.4, 0.5) is 0 Å². The van der Waals surface area contributed by atoms with E-state index in [1.54, 1.807) is 0 Å². The van der Waals surface area contributed by atoms with Crippen molar-refractivity contribution in [1.29, 1.82) is 0 Å². The predicted octanol–water partition coefficient (Wildman–Crippen LogP) is 2.42. The molecule has 0 radical (unpaired) electrons. The van der Waals surface area contributed by atoms with Crippen molar-refractivity contribution in [2.45, 2.75) is 39.2 Å². The third kappa shape index (κ3) is 6.39. The molecule has 0 saturated heterocycles. The van der Waals surface area contributed by atoms with Crippen LogP contribution in [0.25, 0.3) is 0 Å². The lowest BCUT2D eigenvalue weighted by Gasteiger charge is -2.17. The molecule has 0 aliphatic carbocycles. The van der Waals surface area contributed by atoms with Crippen LogP contribution < -0.4 is 5.32 Å². The molecular weight excluding hydrogens is 212 g/mol. The minimum absolute atomic E-state index is 0.465. The van der Waals surface area contributed by atoms with Gasteiger partial charge in [-0.1, -0.05) is 19.9 Å². The first kappa shape index (κ1) is 14.1. The average molecular weight is 236 g/mol. The first-order valence-electron chi connectivity index (χ1n) is 6.57. The van der Waals surface area contributed by atoms with E-state index in [0.29, 0.717) is 6.04 Å². The first-order chi connectivity index (χ1) is 8.36. The first-order valence-corrected chi connectivity index (χ1v) is 6.57. The largest absolute Gasteiger partial charge is 0.381 e. The molecule has 0 saturated carbocycles. The Kier molecular flexibility index (Phi) is 7.60. The number of likely N-dealkylation sites (N-methyl/N-ethyl adjacent to an activating group) is 1. The molecule has 0 aromatic carbocycles. The van der Waals surface area contributed by atoms with Gasteiger partial charge in [-0.3, -0.25) is 4.98 Å². The summed E-state index contributed by atoms with van der Waals surface area (Å²) in [7, 11) is 0. The highest BCUT2D eigenvalue weighted by Crippen LogP contribution is 2.03. The Balaban J connectivity index is 2.32. The lowest BCUT2D eigenvalue weighted by Crippen LogP contribution is -2.32. The lowest BCUT2D eigenvalue weighted by atomic mass is 10.1. The van der Waals surface area contributed by atoms with Gasteiger partial charge in [0, 0.05) is 37.6 Å². The van der Waals surface area contributed by atoms with E-state index < -0.39 is 0 Å². The van der Waals surface area contributed by atoms with E-state index in [2.05, 4.69) is 30.2 Å². The van der Waals surface area contributed by atoms with Crippen LogP contribution in [0, 0.1) is 0 Å². The quantitative estimate of drug-likeness (QED) is 0.669. The molecule has 1 heterocycles. The van der Waals surface area contributed by atoms with E-state index in [0.717, 1.165) is 44.7 Å². The Hall–Kier alpha value is -0.930. The maximum Gasteiger partial charge on any atom is 0.0480 e. The fourth-order valence-electron chi connectivity index (χ4n) is 1.81. The summed E-state index contributed by atoms with van der Waals surface area (Å²) in [5.74, 6) is 0. The minimum Gasteiger partial charge on any atom is -0.381 e. The summed E-state index contributed by atoms with van der Waals surface area (Å²) in [6.07, 6.45) is 4.96. The second-order valence-electron chi connectivity index (χ2n) is 4.18. The molecule has 0 spiro atoms. The number of nitrogens with one attached hydrogen (secondary N) is 1. The molecule has 1 unspecified atom stereocenters. The zero-order chi connectivity index (χ0) is 12.3. The lowest BCUT2D eigenvalue weighted by molar-refractivity contribution is 0.124. The number of rotatable bonds is 9. The molecule has 17 heavy (non-hydrogen) atoms. The number of ether oxygens (including phenoxy) is 1. The van der Waals surface area contributed by atoms with Gasteiger partial charge in [0.15, 0.2) is 0 Å². The van der Waals surface area contributed by atoms with Crippen molar-refractivity contribution in [1.82, 2.24) is 10.3 Å². The van der Waals surface area contributed by atoms with E-state index in [1.165, 1.54) is 0 Å². The third-order valence-electron chi connectivity index (χ3n) is 2.63. The van der Waals surface area contributed by atoms with Gasteiger partial charge in [-0.25, -0.2) is 0 Å². The summed E-state index contributed by atoms with van der Waals surface area (Å²) in [5, 5.41) is 3.49. The van der Waals surface area contributed by atoms with Crippen LogP contribution in [0.15, 0.2) is 24.4 Å². The predicted molar refractivity (Wildman–Crippen MR) is 71.1 cm³/mol. The minimum atomic E-state index is 0.465. The number of pyridine rings is 1. The van der Waals surface area contributed by atoms with Gasteiger partial charge in [-0.15, -0.1) is 0 Å². The van der Waals surface area contributed by atoms with Crippen molar-refractivity contribution in [3.05, 3.63) is 30.1 Å². The molecule has 1 aromatic heterocycles. The van der Waals surface area contributed by atoms with Crippen LogP contribution >= 0.6 is 0 Å². The third-order valence-corrected chi connectivity index (χ3v) is 2.63. The van der Waals surface area contributed by atoms with E-state index >= 15 is 0 Å². The summed E-state index contributed by atoms with van der Waals surface area (Å²) < 4.78 is 5.54. The van der Waals surface area contributed by atoms with Crippen LogP contribution in [-0.2, 0) is 11.2 Å². The molecule has 0 aliphatic rings. The molecule has 96 valence electrons. The highest BCUT2D eigenvalue weighted by Gasteiger charge is 2.08. The van der Waals surface area contributed by atoms with Crippen LogP contribution in [0.2, 0.25) is 0 Å². The molecule has 1 rings (SSSR count). The van der Waals surface area contributed by atoms with E-state index in [9.17, 15) is 0 Å². The van der Waals surface area contributed by atoms with Gasteiger partial charge >= 0.3 is 0 Å². The zero-order valence-corrected chi connectivity index (χ0v) is 11.0. The van der Waals surface area contributed by atoms with Gasteiger partial charge in [0.25, 0.3) is 0 Å².